The van der Waals surface area contributed by atoms with Gasteiger partial charge in [0.05, 0.1) is 17.4 Å². The molecule has 6 nitrogen and oxygen atoms in total. The van der Waals surface area contributed by atoms with E-state index in [0.717, 1.165) is 5.69 Å². The highest BCUT2D eigenvalue weighted by Crippen LogP contribution is 2.09. The van der Waals surface area contributed by atoms with E-state index in [4.69, 9.17) is 11.5 Å². The summed E-state index contributed by atoms with van der Waals surface area (Å²) in [7, 11) is 0. The molecule has 4 N–H and O–H groups in total. The fraction of sp³-hybridized carbons (Fsp3) is 0. The van der Waals surface area contributed by atoms with Crippen LogP contribution >= 0.6 is 0 Å². The van der Waals surface area contributed by atoms with Crippen molar-refractivity contribution in [1.29, 1.82) is 0 Å². The molecule has 0 radical (unpaired) electrons. The van der Waals surface area contributed by atoms with Crippen LogP contribution in [0.4, 0.5) is 5.82 Å². The summed E-state index contributed by atoms with van der Waals surface area (Å²) in [4.78, 5) is 14.7. The van der Waals surface area contributed by atoms with E-state index in [1.165, 1.54) is 17.1 Å². The molecule has 2 aromatic heterocycles. The first-order chi connectivity index (χ1) is 7.16. The number of aromatic nitrogens is 3. The lowest BCUT2D eigenvalue weighted by atomic mass is 10.3. The first-order valence-corrected chi connectivity index (χ1v) is 4.23. The first-order valence-electron chi connectivity index (χ1n) is 4.23. The Morgan fingerprint density at radius 3 is 2.87 bits per heavy atom. The van der Waals surface area contributed by atoms with Crippen molar-refractivity contribution in [1.82, 2.24) is 14.8 Å². The number of pyridine rings is 1. The summed E-state index contributed by atoms with van der Waals surface area (Å²) >= 11 is 0. The number of primary amides is 1. The highest BCUT2D eigenvalue weighted by molar-refractivity contribution is 5.92. The number of carbonyl (C=O) groups excluding carboxylic acids is 1. The molecule has 76 valence electrons. The Bertz CT molecular complexity index is 505. The number of nitrogens with two attached hydrogens (primary N) is 2. The van der Waals surface area contributed by atoms with Crippen LogP contribution in [0.15, 0.2) is 30.7 Å². The largest absolute Gasteiger partial charge is 0.384 e. The number of nitrogens with zero attached hydrogens (tertiary/aromatic N) is 3. The average Bonchev–Trinajstić information content (AvgIpc) is 2.66. The van der Waals surface area contributed by atoms with Crippen molar-refractivity contribution in [2.75, 3.05) is 5.73 Å². The molecule has 0 aliphatic heterocycles. The Kier molecular flexibility index (Phi) is 2.09. The fourth-order valence-corrected chi connectivity index (χ4v) is 1.17. The second-order valence-electron chi connectivity index (χ2n) is 2.98. The van der Waals surface area contributed by atoms with Gasteiger partial charge in [-0.2, -0.15) is 5.10 Å². The van der Waals surface area contributed by atoms with Crippen molar-refractivity contribution < 1.29 is 4.79 Å². The molecule has 1 amide bonds. The van der Waals surface area contributed by atoms with Crippen LogP contribution in [-0.4, -0.2) is 20.7 Å². The zero-order chi connectivity index (χ0) is 10.8. The van der Waals surface area contributed by atoms with Gasteiger partial charge in [0.1, 0.15) is 5.82 Å². The molecule has 2 aromatic rings. The minimum atomic E-state index is -0.511. The summed E-state index contributed by atoms with van der Waals surface area (Å²) in [6.45, 7) is 0. The van der Waals surface area contributed by atoms with E-state index in [9.17, 15) is 4.79 Å². The quantitative estimate of drug-likeness (QED) is 0.714. The van der Waals surface area contributed by atoms with Crippen molar-refractivity contribution in [3.8, 4) is 5.69 Å². The van der Waals surface area contributed by atoms with Crippen molar-refractivity contribution in [2.24, 2.45) is 5.73 Å². The van der Waals surface area contributed by atoms with Gasteiger partial charge in [0.15, 0.2) is 0 Å². The molecule has 2 rings (SSSR count). The van der Waals surface area contributed by atoms with Gasteiger partial charge in [-0.25, -0.2) is 9.67 Å². The van der Waals surface area contributed by atoms with Gasteiger partial charge in [-0.1, -0.05) is 0 Å². The number of rotatable bonds is 2. The van der Waals surface area contributed by atoms with E-state index in [1.54, 1.807) is 18.3 Å². The van der Waals surface area contributed by atoms with Gasteiger partial charge >= 0.3 is 0 Å². The molecule has 0 atom stereocenters. The molecule has 0 spiro atoms. The molecule has 0 saturated heterocycles. The Labute approximate surface area is 85.5 Å². The second kappa shape index (κ2) is 3.41. The van der Waals surface area contributed by atoms with Gasteiger partial charge in [0, 0.05) is 18.5 Å². The lowest BCUT2D eigenvalue weighted by molar-refractivity contribution is 0.100. The van der Waals surface area contributed by atoms with Gasteiger partial charge in [0.25, 0.3) is 5.91 Å². The maximum absolute atomic E-state index is 10.8. The molecule has 0 saturated carbocycles. The van der Waals surface area contributed by atoms with Gasteiger partial charge < -0.3 is 11.5 Å². The van der Waals surface area contributed by atoms with E-state index in [2.05, 4.69) is 10.1 Å². The Balaban J connectivity index is 2.41. The third kappa shape index (κ3) is 1.78. The number of anilines is 1. The predicted octanol–water partition coefficient (Wildman–Crippen LogP) is -0.0516. The summed E-state index contributed by atoms with van der Waals surface area (Å²) in [5.74, 6) is -0.119. The van der Waals surface area contributed by atoms with Gasteiger partial charge in [0.2, 0.25) is 0 Å². The van der Waals surface area contributed by atoms with Crippen molar-refractivity contribution in [3.05, 3.63) is 36.3 Å². The summed E-state index contributed by atoms with van der Waals surface area (Å²) in [6.07, 6.45) is 4.51. The lowest BCUT2D eigenvalue weighted by Crippen LogP contribution is -2.09. The predicted molar refractivity (Wildman–Crippen MR) is 54.3 cm³/mol. The number of hydrogen-bond donors (Lipinski definition) is 2. The van der Waals surface area contributed by atoms with Crippen LogP contribution in [-0.2, 0) is 0 Å². The minimum absolute atomic E-state index is 0.352. The molecule has 0 unspecified atom stereocenters. The Hall–Kier alpha value is -2.37. The van der Waals surface area contributed by atoms with Crippen molar-refractivity contribution in [2.45, 2.75) is 0 Å². The maximum atomic E-state index is 10.8. The Morgan fingerprint density at radius 2 is 2.27 bits per heavy atom. The average molecular weight is 203 g/mol. The zero-order valence-electron chi connectivity index (χ0n) is 7.79. The van der Waals surface area contributed by atoms with Crippen LogP contribution in [0.5, 0.6) is 0 Å². The van der Waals surface area contributed by atoms with E-state index in [0.29, 0.717) is 11.4 Å². The van der Waals surface area contributed by atoms with Crippen molar-refractivity contribution in [3.63, 3.8) is 0 Å². The van der Waals surface area contributed by atoms with Gasteiger partial charge in [-0.3, -0.25) is 4.79 Å². The lowest BCUT2D eigenvalue weighted by Gasteiger charge is -2.00. The van der Waals surface area contributed by atoms with Crippen molar-refractivity contribution >= 4 is 11.7 Å². The van der Waals surface area contributed by atoms with Crippen LogP contribution in [0.2, 0.25) is 0 Å². The van der Waals surface area contributed by atoms with Crippen LogP contribution in [0, 0.1) is 0 Å². The van der Waals surface area contributed by atoms with E-state index in [-0.39, 0.29) is 0 Å². The first kappa shape index (κ1) is 9.20. The third-order valence-corrected chi connectivity index (χ3v) is 1.90. The second-order valence-corrected chi connectivity index (χ2v) is 2.98. The topological polar surface area (TPSA) is 99.8 Å². The minimum Gasteiger partial charge on any atom is -0.384 e. The van der Waals surface area contributed by atoms with Crippen LogP contribution in [0.25, 0.3) is 5.69 Å². The monoisotopic (exact) mass is 203 g/mol. The van der Waals surface area contributed by atoms with Gasteiger partial charge in [-0.15, -0.1) is 0 Å². The summed E-state index contributed by atoms with van der Waals surface area (Å²) < 4.78 is 1.51. The SMILES string of the molecule is NC(=O)c1cnn(-c2ccnc(N)c2)c1. The normalized spacial score (nSPS) is 10.1. The van der Waals surface area contributed by atoms with E-state index >= 15 is 0 Å². The number of hydrogen-bond acceptors (Lipinski definition) is 4. The molecule has 0 bridgehead atoms. The number of amides is 1. The summed E-state index contributed by atoms with van der Waals surface area (Å²) in [5, 5.41) is 3.98. The number of nitrogen functional groups attached to an aromatic ring is 1. The molecular formula is C9H9N5O. The van der Waals surface area contributed by atoms with Crippen LogP contribution < -0.4 is 11.5 Å². The number of carbonyl (C=O) groups is 1. The third-order valence-electron chi connectivity index (χ3n) is 1.90. The highest BCUT2D eigenvalue weighted by atomic mass is 16.1. The molecule has 6 heteroatoms. The van der Waals surface area contributed by atoms with E-state index < -0.39 is 5.91 Å². The standard InChI is InChI=1S/C9H9N5O/c10-8-3-7(1-2-12-8)14-5-6(4-13-14)9(11)15/h1-5H,(H2,10,12)(H2,11,15). The van der Waals surface area contributed by atoms with Crippen LogP contribution in [0.1, 0.15) is 10.4 Å². The maximum Gasteiger partial charge on any atom is 0.251 e. The molecule has 15 heavy (non-hydrogen) atoms. The van der Waals surface area contributed by atoms with E-state index in [1.807, 2.05) is 0 Å². The summed E-state index contributed by atoms with van der Waals surface area (Å²) in [5.41, 5.74) is 11.7. The highest BCUT2D eigenvalue weighted by Gasteiger charge is 2.05. The molecule has 0 aliphatic carbocycles. The molecule has 2 heterocycles. The molecule has 0 aromatic carbocycles. The summed E-state index contributed by atoms with van der Waals surface area (Å²) in [6, 6.07) is 3.38. The van der Waals surface area contributed by atoms with Gasteiger partial charge in [-0.05, 0) is 6.07 Å². The molecule has 0 fully saturated rings. The smallest absolute Gasteiger partial charge is 0.251 e. The molecular weight excluding hydrogens is 194 g/mol. The van der Waals surface area contributed by atoms with Crippen LogP contribution in [0.3, 0.4) is 0 Å². The molecule has 0 aliphatic rings. The zero-order valence-corrected chi connectivity index (χ0v) is 7.79. The Morgan fingerprint density at radius 1 is 1.47 bits per heavy atom. The fourth-order valence-electron chi connectivity index (χ4n) is 1.17.